The molecule has 0 aliphatic rings. The fourth-order valence-corrected chi connectivity index (χ4v) is 1.68. The molecule has 1 aromatic heterocycles. The van der Waals surface area contributed by atoms with Gasteiger partial charge in [0, 0.05) is 18.2 Å². The van der Waals surface area contributed by atoms with Gasteiger partial charge in [-0.1, -0.05) is 6.07 Å². The maximum Gasteiger partial charge on any atom is 0.221 e. The van der Waals surface area contributed by atoms with Gasteiger partial charge in [-0.3, -0.25) is 0 Å². The topological polar surface area (TPSA) is 113 Å². The van der Waals surface area contributed by atoms with Crippen molar-refractivity contribution >= 4 is 17.5 Å². The molecule has 0 saturated carbocycles. The van der Waals surface area contributed by atoms with E-state index in [4.69, 9.17) is 21.9 Å². The molecule has 0 atom stereocenters. The van der Waals surface area contributed by atoms with E-state index in [0.717, 1.165) is 11.1 Å². The molecule has 0 aliphatic heterocycles. The lowest BCUT2D eigenvalue weighted by atomic mass is 10.1. The van der Waals surface area contributed by atoms with Gasteiger partial charge in [0.25, 0.3) is 0 Å². The van der Waals surface area contributed by atoms with Crippen LogP contribution in [-0.2, 0) is 6.42 Å². The zero-order valence-corrected chi connectivity index (χ0v) is 10.1. The van der Waals surface area contributed by atoms with Crippen LogP contribution in [0.4, 0.5) is 17.5 Å². The molecule has 94 valence electrons. The number of benzene rings is 1. The SMILES string of the molecule is COc1ccc(Cc2cnc(N)nc2N)cc1N. The summed E-state index contributed by atoms with van der Waals surface area (Å²) in [5.74, 6) is 1.21. The number of nitrogens with zero attached hydrogens (tertiary/aromatic N) is 2. The van der Waals surface area contributed by atoms with Crippen LogP contribution in [0.15, 0.2) is 24.4 Å². The normalized spacial score (nSPS) is 10.3. The highest BCUT2D eigenvalue weighted by Gasteiger charge is 2.06. The highest BCUT2D eigenvalue weighted by molar-refractivity contribution is 5.55. The largest absolute Gasteiger partial charge is 0.495 e. The lowest BCUT2D eigenvalue weighted by Crippen LogP contribution is -2.04. The summed E-state index contributed by atoms with van der Waals surface area (Å²) in [6, 6.07) is 5.58. The van der Waals surface area contributed by atoms with E-state index < -0.39 is 0 Å². The third kappa shape index (κ3) is 2.42. The Hall–Kier alpha value is -2.50. The second-order valence-corrected chi connectivity index (χ2v) is 3.89. The van der Waals surface area contributed by atoms with Crippen molar-refractivity contribution < 1.29 is 4.74 Å². The number of hydrogen-bond donors (Lipinski definition) is 3. The fraction of sp³-hybridized carbons (Fsp3) is 0.167. The van der Waals surface area contributed by atoms with Crippen molar-refractivity contribution in [3.63, 3.8) is 0 Å². The molecule has 0 unspecified atom stereocenters. The van der Waals surface area contributed by atoms with Gasteiger partial charge in [-0.15, -0.1) is 0 Å². The summed E-state index contributed by atoms with van der Waals surface area (Å²) < 4.78 is 5.10. The molecular formula is C12H15N5O. The maximum atomic E-state index is 5.84. The van der Waals surface area contributed by atoms with Crippen LogP contribution in [0.5, 0.6) is 5.75 Å². The zero-order chi connectivity index (χ0) is 13.1. The molecule has 1 aromatic carbocycles. The molecular weight excluding hydrogens is 230 g/mol. The summed E-state index contributed by atoms with van der Waals surface area (Å²) in [6.07, 6.45) is 2.22. The van der Waals surface area contributed by atoms with E-state index in [-0.39, 0.29) is 5.95 Å². The lowest BCUT2D eigenvalue weighted by molar-refractivity contribution is 0.417. The number of nitrogen functional groups attached to an aromatic ring is 3. The summed E-state index contributed by atoms with van der Waals surface area (Å²) in [6.45, 7) is 0. The molecule has 2 rings (SSSR count). The van der Waals surface area contributed by atoms with Crippen LogP contribution in [-0.4, -0.2) is 17.1 Å². The van der Waals surface area contributed by atoms with E-state index in [1.54, 1.807) is 13.3 Å². The maximum absolute atomic E-state index is 5.84. The molecule has 2 aromatic rings. The standard InChI is InChI=1S/C12H15N5O/c1-18-10-3-2-7(5-9(10)13)4-8-6-16-12(15)17-11(8)14/h2-3,5-6H,4,13H2,1H3,(H4,14,15,16,17). The van der Waals surface area contributed by atoms with Crippen molar-refractivity contribution in [1.29, 1.82) is 0 Å². The Morgan fingerprint density at radius 3 is 2.61 bits per heavy atom. The smallest absolute Gasteiger partial charge is 0.221 e. The van der Waals surface area contributed by atoms with E-state index in [1.807, 2.05) is 18.2 Å². The molecule has 0 radical (unpaired) electrons. The molecule has 0 amide bonds. The highest BCUT2D eigenvalue weighted by atomic mass is 16.5. The Bertz CT molecular complexity index is 570. The number of rotatable bonds is 3. The van der Waals surface area contributed by atoms with E-state index in [1.165, 1.54) is 0 Å². The molecule has 1 heterocycles. The number of nitrogens with two attached hydrogens (primary N) is 3. The zero-order valence-electron chi connectivity index (χ0n) is 10.1. The fourth-order valence-electron chi connectivity index (χ4n) is 1.68. The number of anilines is 3. The van der Waals surface area contributed by atoms with Crippen LogP contribution in [0, 0.1) is 0 Å². The average molecular weight is 245 g/mol. The number of methoxy groups -OCH3 is 1. The first-order valence-corrected chi connectivity index (χ1v) is 5.39. The summed E-state index contributed by atoms with van der Waals surface area (Å²) in [4.78, 5) is 7.84. The predicted octanol–water partition coefficient (Wildman–Crippen LogP) is 0.823. The van der Waals surface area contributed by atoms with Crippen molar-refractivity contribution in [2.24, 2.45) is 0 Å². The van der Waals surface area contributed by atoms with Crippen molar-refractivity contribution in [3.05, 3.63) is 35.5 Å². The Kier molecular flexibility index (Phi) is 3.18. The molecule has 6 nitrogen and oxygen atoms in total. The van der Waals surface area contributed by atoms with Crippen LogP contribution in [0.1, 0.15) is 11.1 Å². The van der Waals surface area contributed by atoms with Crippen LogP contribution >= 0.6 is 0 Å². The molecule has 6 N–H and O–H groups in total. The van der Waals surface area contributed by atoms with Crippen molar-refractivity contribution in [2.45, 2.75) is 6.42 Å². The second kappa shape index (κ2) is 4.79. The Balaban J connectivity index is 2.26. The predicted molar refractivity (Wildman–Crippen MR) is 71.1 cm³/mol. The second-order valence-electron chi connectivity index (χ2n) is 3.89. The number of hydrogen-bond acceptors (Lipinski definition) is 6. The van der Waals surface area contributed by atoms with Crippen LogP contribution in [0.2, 0.25) is 0 Å². The minimum Gasteiger partial charge on any atom is -0.495 e. The Morgan fingerprint density at radius 1 is 1.22 bits per heavy atom. The summed E-state index contributed by atoms with van der Waals surface area (Å²) in [7, 11) is 1.58. The minimum atomic E-state index is 0.172. The van der Waals surface area contributed by atoms with Crippen LogP contribution in [0.3, 0.4) is 0 Å². The molecule has 0 saturated heterocycles. The van der Waals surface area contributed by atoms with Gasteiger partial charge in [0.2, 0.25) is 5.95 Å². The van der Waals surface area contributed by atoms with E-state index in [9.17, 15) is 0 Å². The van der Waals surface area contributed by atoms with Crippen molar-refractivity contribution in [2.75, 3.05) is 24.3 Å². The first-order chi connectivity index (χ1) is 8.60. The van der Waals surface area contributed by atoms with Crippen molar-refractivity contribution in [1.82, 2.24) is 9.97 Å². The summed E-state index contributed by atoms with van der Waals surface area (Å²) in [5, 5.41) is 0. The van der Waals surface area contributed by atoms with Gasteiger partial charge in [0.15, 0.2) is 0 Å². The first-order valence-electron chi connectivity index (χ1n) is 5.39. The van der Waals surface area contributed by atoms with Crippen molar-refractivity contribution in [3.8, 4) is 5.75 Å². The van der Waals surface area contributed by atoms with E-state index in [0.29, 0.717) is 23.7 Å². The average Bonchev–Trinajstić information content (AvgIpc) is 2.33. The number of aromatic nitrogens is 2. The van der Waals surface area contributed by atoms with Gasteiger partial charge in [-0.05, 0) is 17.7 Å². The molecule has 6 heteroatoms. The molecule has 0 aliphatic carbocycles. The van der Waals surface area contributed by atoms with Crippen LogP contribution in [0.25, 0.3) is 0 Å². The molecule has 0 spiro atoms. The van der Waals surface area contributed by atoms with Crippen LogP contribution < -0.4 is 21.9 Å². The summed E-state index contributed by atoms with van der Waals surface area (Å²) >= 11 is 0. The minimum absolute atomic E-state index is 0.172. The van der Waals surface area contributed by atoms with Gasteiger partial charge in [0.1, 0.15) is 11.6 Å². The summed E-state index contributed by atoms with van der Waals surface area (Å²) in [5.41, 5.74) is 19.5. The third-order valence-electron chi connectivity index (χ3n) is 2.61. The molecule has 0 fully saturated rings. The van der Waals surface area contributed by atoms with Gasteiger partial charge < -0.3 is 21.9 Å². The lowest BCUT2D eigenvalue weighted by Gasteiger charge is -2.08. The van der Waals surface area contributed by atoms with E-state index >= 15 is 0 Å². The highest BCUT2D eigenvalue weighted by Crippen LogP contribution is 2.24. The Morgan fingerprint density at radius 2 is 2.00 bits per heavy atom. The monoisotopic (exact) mass is 245 g/mol. The molecule has 0 bridgehead atoms. The van der Waals surface area contributed by atoms with Gasteiger partial charge in [0.05, 0.1) is 12.8 Å². The van der Waals surface area contributed by atoms with E-state index in [2.05, 4.69) is 9.97 Å². The first kappa shape index (κ1) is 12.0. The van der Waals surface area contributed by atoms with Gasteiger partial charge in [-0.2, -0.15) is 4.98 Å². The third-order valence-corrected chi connectivity index (χ3v) is 2.61. The van der Waals surface area contributed by atoms with Gasteiger partial charge >= 0.3 is 0 Å². The van der Waals surface area contributed by atoms with Gasteiger partial charge in [-0.25, -0.2) is 4.98 Å². The quantitative estimate of drug-likeness (QED) is 0.690. The Labute approximate surface area is 105 Å². The number of ether oxygens (including phenoxy) is 1. The molecule has 18 heavy (non-hydrogen) atoms.